The van der Waals surface area contributed by atoms with Crippen molar-refractivity contribution >= 4 is 11.6 Å². The van der Waals surface area contributed by atoms with Crippen LogP contribution in [0.1, 0.15) is 38.2 Å². The second-order valence-electron chi connectivity index (χ2n) is 7.02. The number of likely N-dealkylation sites (tertiary alicyclic amines) is 1. The van der Waals surface area contributed by atoms with Gasteiger partial charge in [-0.3, -0.25) is 0 Å². The van der Waals surface area contributed by atoms with Crippen LogP contribution in [-0.4, -0.2) is 53.1 Å². The first-order valence-electron chi connectivity index (χ1n) is 8.48. The summed E-state index contributed by atoms with van der Waals surface area (Å²) in [5, 5.41) is 4.41. The summed E-state index contributed by atoms with van der Waals surface area (Å²) in [5.74, 6) is 1.10. The van der Waals surface area contributed by atoms with Gasteiger partial charge in [-0.05, 0) is 44.7 Å². The highest BCUT2D eigenvalue weighted by atomic mass is 19.1. The number of carbonyl (C=O) groups excluding carboxylic acids is 1. The number of fused-ring (bicyclic) bond motifs is 1. The number of amides is 1. The van der Waals surface area contributed by atoms with E-state index >= 15 is 0 Å². The van der Waals surface area contributed by atoms with Gasteiger partial charge in [-0.2, -0.15) is 5.10 Å². The molecule has 0 bridgehead atoms. The molecule has 7 heteroatoms. The zero-order chi connectivity index (χ0) is 18.0. The number of hydrogen-bond acceptors (Lipinski definition) is 4. The lowest BCUT2D eigenvalue weighted by molar-refractivity contribution is -0.00422. The molecule has 0 aliphatic carbocycles. The lowest BCUT2D eigenvalue weighted by Crippen LogP contribution is -2.42. The first kappa shape index (κ1) is 17.5. The Morgan fingerprint density at radius 1 is 1.36 bits per heavy atom. The molecule has 1 saturated heterocycles. The van der Waals surface area contributed by atoms with Gasteiger partial charge in [0.25, 0.3) is 0 Å². The Kier molecular flexibility index (Phi) is 4.83. The number of rotatable bonds is 4. The van der Waals surface area contributed by atoms with E-state index in [0.717, 1.165) is 24.1 Å². The van der Waals surface area contributed by atoms with E-state index in [4.69, 9.17) is 9.47 Å². The van der Waals surface area contributed by atoms with Gasteiger partial charge in [0.1, 0.15) is 18.0 Å². The maximum Gasteiger partial charge on any atom is 0.410 e. The van der Waals surface area contributed by atoms with Crippen LogP contribution in [-0.2, 0) is 4.74 Å². The summed E-state index contributed by atoms with van der Waals surface area (Å²) in [6, 6.07) is 3.93. The Morgan fingerprint density at radius 2 is 2.08 bits per heavy atom. The predicted octanol–water partition coefficient (Wildman–Crippen LogP) is 3.41. The molecular formula is C18H24FN3O3. The average Bonchev–Trinajstić information content (AvgIpc) is 3.04. The van der Waals surface area contributed by atoms with Crippen molar-refractivity contribution in [3.63, 3.8) is 0 Å². The monoisotopic (exact) mass is 349 g/mol. The van der Waals surface area contributed by atoms with Crippen LogP contribution in [0.25, 0.3) is 5.52 Å². The maximum absolute atomic E-state index is 12.8. The number of hydrogen-bond donors (Lipinski definition) is 0. The third-order valence-corrected chi connectivity index (χ3v) is 4.63. The fraction of sp³-hybridized carbons (Fsp3) is 0.556. The Balaban J connectivity index is 1.65. The Labute approximate surface area is 146 Å². The molecule has 6 nitrogen and oxygen atoms in total. The molecule has 1 amide bonds. The summed E-state index contributed by atoms with van der Waals surface area (Å²) in [6.45, 7) is 3.65. The van der Waals surface area contributed by atoms with Gasteiger partial charge >= 0.3 is 6.09 Å². The highest BCUT2D eigenvalue weighted by molar-refractivity contribution is 5.68. The number of carbonyl (C=O) groups is 1. The second kappa shape index (κ2) is 6.90. The molecule has 0 aromatic carbocycles. The van der Waals surface area contributed by atoms with Gasteiger partial charge in [0.2, 0.25) is 0 Å². The fourth-order valence-corrected chi connectivity index (χ4v) is 3.12. The lowest BCUT2D eigenvalue weighted by atomic mass is 9.90. The Bertz CT molecular complexity index is 751. The van der Waals surface area contributed by atoms with Crippen LogP contribution in [0.5, 0.6) is 5.75 Å². The van der Waals surface area contributed by atoms with Gasteiger partial charge in [-0.25, -0.2) is 13.7 Å². The van der Waals surface area contributed by atoms with Crippen molar-refractivity contribution in [2.75, 3.05) is 26.9 Å². The molecule has 1 fully saturated rings. The summed E-state index contributed by atoms with van der Waals surface area (Å²) in [5.41, 5.74) is 1.16. The van der Waals surface area contributed by atoms with E-state index < -0.39 is 18.4 Å². The lowest BCUT2D eigenvalue weighted by Gasteiger charge is -2.33. The van der Waals surface area contributed by atoms with Gasteiger partial charge < -0.3 is 14.4 Å². The third kappa shape index (κ3) is 3.70. The van der Waals surface area contributed by atoms with E-state index in [1.165, 1.54) is 5.56 Å². The van der Waals surface area contributed by atoms with E-state index in [1.807, 2.05) is 29.0 Å². The van der Waals surface area contributed by atoms with Crippen molar-refractivity contribution in [3.05, 3.63) is 30.1 Å². The smallest absolute Gasteiger partial charge is 0.410 e. The molecule has 2 aromatic rings. The molecule has 0 saturated carbocycles. The molecule has 0 spiro atoms. The topological polar surface area (TPSA) is 56.1 Å². The molecule has 1 aliphatic rings. The molecule has 0 unspecified atom stereocenters. The highest BCUT2D eigenvalue weighted by Crippen LogP contribution is 2.32. The average molecular weight is 349 g/mol. The van der Waals surface area contributed by atoms with Crippen LogP contribution in [0.15, 0.2) is 24.5 Å². The fourth-order valence-electron chi connectivity index (χ4n) is 3.12. The molecule has 0 radical (unpaired) electrons. The number of aromatic nitrogens is 2. The molecule has 0 atom stereocenters. The van der Waals surface area contributed by atoms with E-state index in [2.05, 4.69) is 5.10 Å². The van der Waals surface area contributed by atoms with Gasteiger partial charge in [-0.1, -0.05) is 0 Å². The van der Waals surface area contributed by atoms with Crippen LogP contribution in [0.3, 0.4) is 0 Å². The van der Waals surface area contributed by atoms with Gasteiger partial charge in [-0.15, -0.1) is 0 Å². The molecular weight excluding hydrogens is 325 g/mol. The van der Waals surface area contributed by atoms with E-state index in [9.17, 15) is 9.18 Å². The summed E-state index contributed by atoms with van der Waals surface area (Å²) in [6.07, 6.45) is 4.96. The standard InChI is InChI=1S/C18H24FN3O3/c1-18(2,12-19)25-17(23)21-8-6-13(7-9-21)15-10-20-22-11-14(24-3)4-5-16(15)22/h4-5,10-11,13H,6-9,12H2,1-3H3. The van der Waals surface area contributed by atoms with Crippen molar-refractivity contribution in [2.24, 2.45) is 0 Å². The summed E-state index contributed by atoms with van der Waals surface area (Å²) >= 11 is 0. The highest BCUT2D eigenvalue weighted by Gasteiger charge is 2.30. The summed E-state index contributed by atoms with van der Waals surface area (Å²) in [7, 11) is 1.63. The first-order chi connectivity index (χ1) is 11.9. The SMILES string of the molecule is COc1ccc2c(C3CCN(C(=O)OC(C)(C)CF)CC3)cnn2c1. The van der Waals surface area contributed by atoms with Gasteiger partial charge in [0.15, 0.2) is 0 Å². The number of piperidine rings is 1. The number of ether oxygens (including phenoxy) is 2. The summed E-state index contributed by atoms with van der Waals surface area (Å²) in [4.78, 5) is 13.8. The minimum atomic E-state index is -1.07. The molecule has 0 N–H and O–H groups in total. The van der Waals surface area contributed by atoms with Crippen molar-refractivity contribution < 1.29 is 18.7 Å². The van der Waals surface area contributed by atoms with Crippen LogP contribution in [0, 0.1) is 0 Å². The quantitative estimate of drug-likeness (QED) is 0.849. The molecule has 3 rings (SSSR count). The van der Waals surface area contributed by atoms with E-state index in [1.54, 1.807) is 25.9 Å². The molecule has 2 aromatic heterocycles. The summed E-state index contributed by atoms with van der Waals surface area (Å²) < 4.78 is 25.1. The third-order valence-electron chi connectivity index (χ3n) is 4.63. The van der Waals surface area contributed by atoms with Gasteiger partial charge in [0, 0.05) is 18.7 Å². The minimum absolute atomic E-state index is 0.337. The van der Waals surface area contributed by atoms with Crippen LogP contribution in [0.4, 0.5) is 9.18 Å². The predicted molar refractivity (Wildman–Crippen MR) is 91.8 cm³/mol. The van der Waals surface area contributed by atoms with E-state index in [-0.39, 0.29) is 0 Å². The first-order valence-corrected chi connectivity index (χ1v) is 8.48. The molecule has 25 heavy (non-hydrogen) atoms. The molecule has 136 valence electrons. The number of nitrogens with zero attached hydrogens (tertiary/aromatic N) is 3. The Hall–Kier alpha value is -2.31. The van der Waals surface area contributed by atoms with Crippen molar-refractivity contribution in [3.8, 4) is 5.75 Å². The van der Waals surface area contributed by atoms with Crippen LogP contribution >= 0.6 is 0 Å². The Morgan fingerprint density at radius 3 is 2.72 bits per heavy atom. The van der Waals surface area contributed by atoms with Crippen molar-refractivity contribution in [1.82, 2.24) is 14.5 Å². The van der Waals surface area contributed by atoms with Crippen molar-refractivity contribution in [2.45, 2.75) is 38.2 Å². The number of halogens is 1. The second-order valence-corrected chi connectivity index (χ2v) is 7.02. The normalized spacial score (nSPS) is 16.2. The van der Waals surface area contributed by atoms with Gasteiger partial charge in [0.05, 0.1) is 25.0 Å². The minimum Gasteiger partial charge on any atom is -0.495 e. The number of pyridine rings is 1. The van der Waals surface area contributed by atoms with Crippen molar-refractivity contribution in [1.29, 1.82) is 0 Å². The largest absolute Gasteiger partial charge is 0.495 e. The zero-order valence-electron chi connectivity index (χ0n) is 14.9. The molecule has 3 heterocycles. The van der Waals surface area contributed by atoms with Crippen LogP contribution < -0.4 is 4.74 Å². The number of methoxy groups -OCH3 is 1. The maximum atomic E-state index is 12.8. The molecule has 1 aliphatic heterocycles. The van der Waals surface area contributed by atoms with E-state index in [0.29, 0.717) is 19.0 Å². The zero-order valence-corrected chi connectivity index (χ0v) is 14.9. The number of alkyl halides is 1. The van der Waals surface area contributed by atoms with Crippen LogP contribution in [0.2, 0.25) is 0 Å².